The lowest BCUT2D eigenvalue weighted by Gasteiger charge is -2.08. The van der Waals surface area contributed by atoms with E-state index in [-0.39, 0.29) is 17.5 Å². The number of sulfonamides is 1. The van der Waals surface area contributed by atoms with E-state index in [2.05, 4.69) is 9.71 Å². The van der Waals surface area contributed by atoms with E-state index in [4.69, 9.17) is 9.47 Å². The van der Waals surface area contributed by atoms with Crippen molar-refractivity contribution >= 4 is 26.5 Å². The number of nitrogens with zero attached hydrogens (tertiary/aromatic N) is 1. The third-order valence-corrected chi connectivity index (χ3v) is 5.39. The Morgan fingerprint density at radius 3 is 2.56 bits per heavy atom. The van der Waals surface area contributed by atoms with Crippen molar-refractivity contribution < 1.29 is 22.3 Å². The average molecular weight is 360 g/mol. The number of benzene rings is 2. The van der Waals surface area contributed by atoms with Crippen LogP contribution in [0.4, 0.5) is 10.1 Å². The highest BCUT2D eigenvalue weighted by molar-refractivity contribution is 8.00. The van der Waals surface area contributed by atoms with Crippen molar-refractivity contribution in [3.05, 3.63) is 59.4 Å². The zero-order valence-corrected chi connectivity index (χ0v) is 13.9. The van der Waals surface area contributed by atoms with Gasteiger partial charge in [0.15, 0.2) is 11.5 Å². The summed E-state index contributed by atoms with van der Waals surface area (Å²) in [7, 11) is -3.86. The smallest absolute Gasteiger partial charge is 0.285 e. The molecule has 0 saturated carbocycles. The van der Waals surface area contributed by atoms with Gasteiger partial charge in [-0.25, -0.2) is 4.39 Å². The van der Waals surface area contributed by atoms with Crippen molar-refractivity contribution in [2.75, 3.05) is 12.1 Å². The van der Waals surface area contributed by atoms with Crippen molar-refractivity contribution in [1.82, 2.24) is 0 Å². The third-order valence-electron chi connectivity index (χ3n) is 3.91. The molecule has 0 aromatic heterocycles. The molecule has 6 nitrogen and oxygen atoms in total. The number of fused-ring (bicyclic) bond motifs is 1. The molecule has 0 spiro atoms. The number of anilines is 1. The molecule has 0 atom stereocenters. The Hall–Kier alpha value is -2.87. The second-order valence-electron chi connectivity index (χ2n) is 5.57. The molecular formula is C17H13FN2O4S. The fourth-order valence-electron chi connectivity index (χ4n) is 2.73. The Morgan fingerprint density at radius 2 is 1.80 bits per heavy atom. The van der Waals surface area contributed by atoms with Crippen LogP contribution in [0.5, 0.6) is 11.5 Å². The van der Waals surface area contributed by atoms with Crippen LogP contribution in [0.25, 0.3) is 4.91 Å². The maximum Gasteiger partial charge on any atom is 0.285 e. The van der Waals surface area contributed by atoms with Gasteiger partial charge in [-0.2, -0.15) is 8.42 Å². The summed E-state index contributed by atoms with van der Waals surface area (Å²) in [6.07, 6.45) is 0. The zero-order valence-electron chi connectivity index (χ0n) is 13.1. The van der Waals surface area contributed by atoms with Crippen LogP contribution in [-0.4, -0.2) is 21.0 Å². The number of hydrogen-bond acceptors (Lipinski definition) is 5. The van der Waals surface area contributed by atoms with E-state index in [9.17, 15) is 12.8 Å². The van der Waals surface area contributed by atoms with Crippen LogP contribution in [0, 0.1) is 5.82 Å². The summed E-state index contributed by atoms with van der Waals surface area (Å²) in [5, 5.41) is 2.99. The summed E-state index contributed by atoms with van der Waals surface area (Å²) in [5.74, 6) is 0.993. The van der Waals surface area contributed by atoms with E-state index in [0.29, 0.717) is 28.3 Å². The molecule has 2 aliphatic heterocycles. The summed E-state index contributed by atoms with van der Waals surface area (Å²) in [5.41, 5.74) is 1.48. The normalized spacial score (nSPS) is 17.6. The van der Waals surface area contributed by atoms with Crippen molar-refractivity contribution in [2.24, 2.45) is 4.40 Å². The number of hydrogen-bond donors (Lipinski definition) is 1. The van der Waals surface area contributed by atoms with Gasteiger partial charge in [0.1, 0.15) is 16.6 Å². The fraction of sp³-hybridized carbons (Fsp3) is 0.118. The molecule has 0 bridgehead atoms. The average Bonchev–Trinajstić information content (AvgIpc) is 3.11. The maximum atomic E-state index is 13.1. The van der Waals surface area contributed by atoms with Crippen LogP contribution in [-0.2, 0) is 10.0 Å². The van der Waals surface area contributed by atoms with Gasteiger partial charge in [0.25, 0.3) is 10.0 Å². The monoisotopic (exact) mass is 360 g/mol. The van der Waals surface area contributed by atoms with Gasteiger partial charge in [0.2, 0.25) is 6.79 Å². The van der Waals surface area contributed by atoms with Crippen LogP contribution in [0.3, 0.4) is 0 Å². The molecule has 0 aliphatic carbocycles. The van der Waals surface area contributed by atoms with Gasteiger partial charge in [0, 0.05) is 17.3 Å². The Bertz CT molecular complexity index is 1030. The highest BCUT2D eigenvalue weighted by Gasteiger charge is 2.31. The van der Waals surface area contributed by atoms with Gasteiger partial charge < -0.3 is 14.8 Å². The van der Waals surface area contributed by atoms with E-state index in [1.54, 1.807) is 25.1 Å². The molecule has 0 saturated heterocycles. The lowest BCUT2D eigenvalue weighted by Crippen LogP contribution is -2.11. The first-order valence-corrected chi connectivity index (χ1v) is 8.87. The first kappa shape index (κ1) is 15.6. The van der Waals surface area contributed by atoms with Gasteiger partial charge in [-0.3, -0.25) is 0 Å². The lowest BCUT2D eigenvalue weighted by atomic mass is 10.1. The van der Waals surface area contributed by atoms with E-state index in [1.165, 1.54) is 24.3 Å². The highest BCUT2D eigenvalue weighted by Crippen LogP contribution is 2.36. The summed E-state index contributed by atoms with van der Waals surface area (Å²) in [6.45, 7) is 1.81. The number of ether oxygens (including phenoxy) is 2. The minimum Gasteiger partial charge on any atom is -0.454 e. The number of halogens is 1. The molecular weight excluding hydrogens is 347 g/mol. The van der Waals surface area contributed by atoms with Gasteiger partial charge >= 0.3 is 0 Å². The Morgan fingerprint density at radius 1 is 1.08 bits per heavy atom. The second kappa shape index (κ2) is 5.59. The number of rotatable bonds is 2. The molecule has 4 rings (SSSR count). The van der Waals surface area contributed by atoms with Crippen LogP contribution in [0.15, 0.2) is 52.4 Å². The minimum atomic E-state index is -3.86. The maximum absolute atomic E-state index is 13.1. The van der Waals surface area contributed by atoms with E-state index >= 15 is 0 Å². The number of nitrogens with one attached hydrogen (secondary N) is 1. The summed E-state index contributed by atoms with van der Waals surface area (Å²) in [6, 6.07) is 10.5. The quantitative estimate of drug-likeness (QED) is 0.890. The van der Waals surface area contributed by atoms with E-state index in [1.807, 2.05) is 0 Å². The highest BCUT2D eigenvalue weighted by atomic mass is 32.2. The molecule has 25 heavy (non-hydrogen) atoms. The Balaban J connectivity index is 1.70. The molecule has 2 aromatic rings. The molecule has 128 valence electrons. The minimum absolute atomic E-state index is 0.0655. The number of amidine groups is 1. The van der Waals surface area contributed by atoms with Crippen LogP contribution < -0.4 is 14.8 Å². The molecule has 0 unspecified atom stereocenters. The summed E-state index contributed by atoms with van der Waals surface area (Å²) < 4.78 is 52.3. The molecule has 0 amide bonds. The van der Waals surface area contributed by atoms with Crippen LogP contribution >= 0.6 is 0 Å². The van der Waals surface area contributed by atoms with Gasteiger partial charge in [0.05, 0.1) is 0 Å². The SMILES string of the molecule is CC1=C(c2ccc(F)cc2)S(=O)(=O)N=C1Nc1ccc2c(c1)OCO2. The van der Waals surface area contributed by atoms with Crippen molar-refractivity contribution in [2.45, 2.75) is 6.92 Å². The Kier molecular flexibility index (Phi) is 3.50. The predicted molar refractivity (Wildman–Crippen MR) is 91.5 cm³/mol. The third kappa shape index (κ3) is 2.74. The molecule has 8 heteroatoms. The molecule has 0 fully saturated rings. The molecule has 2 heterocycles. The predicted octanol–water partition coefficient (Wildman–Crippen LogP) is 3.14. The van der Waals surface area contributed by atoms with Crippen molar-refractivity contribution in [1.29, 1.82) is 0 Å². The van der Waals surface area contributed by atoms with Gasteiger partial charge in [-0.1, -0.05) is 12.1 Å². The topological polar surface area (TPSA) is 77.0 Å². The summed E-state index contributed by atoms with van der Waals surface area (Å²) >= 11 is 0. The largest absolute Gasteiger partial charge is 0.454 e. The molecule has 2 aliphatic rings. The molecule has 1 N–H and O–H groups in total. The van der Waals surface area contributed by atoms with E-state index < -0.39 is 15.8 Å². The zero-order chi connectivity index (χ0) is 17.6. The first-order valence-electron chi connectivity index (χ1n) is 7.43. The fourth-order valence-corrected chi connectivity index (χ4v) is 4.16. The lowest BCUT2D eigenvalue weighted by molar-refractivity contribution is 0.174. The summed E-state index contributed by atoms with van der Waals surface area (Å²) in [4.78, 5) is 0.0655. The second-order valence-corrected chi connectivity index (χ2v) is 7.11. The standard InChI is InChI=1S/C17H13FN2O4S/c1-10-16(11-2-4-12(18)5-3-11)25(21,22)20-17(10)19-13-6-7-14-15(8-13)24-9-23-14/h2-8H,9H2,1H3,(H,19,20). The van der Waals surface area contributed by atoms with Crippen molar-refractivity contribution in [3.63, 3.8) is 0 Å². The van der Waals surface area contributed by atoms with Crippen LogP contribution in [0.2, 0.25) is 0 Å². The van der Waals surface area contributed by atoms with Crippen LogP contribution in [0.1, 0.15) is 12.5 Å². The molecule has 0 radical (unpaired) electrons. The van der Waals surface area contributed by atoms with Gasteiger partial charge in [-0.05, 0) is 36.8 Å². The molecule has 2 aromatic carbocycles. The van der Waals surface area contributed by atoms with Crippen molar-refractivity contribution in [3.8, 4) is 11.5 Å². The Labute approximate surface area is 143 Å². The first-order chi connectivity index (χ1) is 11.9. The van der Waals surface area contributed by atoms with E-state index in [0.717, 1.165) is 0 Å². The van der Waals surface area contributed by atoms with Gasteiger partial charge in [-0.15, -0.1) is 4.40 Å².